The van der Waals surface area contributed by atoms with Crippen molar-refractivity contribution in [1.82, 2.24) is 10.2 Å². The maximum atomic E-state index is 12.5. The molecule has 1 unspecified atom stereocenters. The SMILES string of the molecule is CC1(C)S[C@@H]2[C@H](NC(=O)C(N=N)c3ccccc3)C(=O)N2[C@H]1C(=O)O. The average molecular weight is 362 g/mol. The van der Waals surface area contributed by atoms with Crippen LogP contribution in [0, 0.1) is 5.53 Å². The highest BCUT2D eigenvalue weighted by atomic mass is 32.2. The Hall–Kier alpha value is -2.42. The lowest BCUT2D eigenvalue weighted by Gasteiger charge is -2.43. The minimum absolute atomic E-state index is 0.416. The Balaban J connectivity index is 1.75. The van der Waals surface area contributed by atoms with Crippen LogP contribution in [-0.2, 0) is 14.4 Å². The number of carboxylic acid groups (broad SMARTS) is 1. The number of amides is 2. The number of fused-ring (bicyclic) bond motifs is 1. The molecule has 0 bridgehead atoms. The van der Waals surface area contributed by atoms with Crippen LogP contribution in [0.15, 0.2) is 35.4 Å². The summed E-state index contributed by atoms with van der Waals surface area (Å²) in [5, 5.41) is 15.0. The molecule has 3 rings (SSSR count). The Morgan fingerprint density at radius 3 is 2.56 bits per heavy atom. The minimum atomic E-state index is -1.05. The van der Waals surface area contributed by atoms with E-state index in [1.807, 2.05) is 0 Å². The first-order chi connectivity index (χ1) is 11.8. The smallest absolute Gasteiger partial charge is 0.327 e. The molecule has 0 radical (unpaired) electrons. The molecule has 2 saturated heterocycles. The minimum Gasteiger partial charge on any atom is -0.480 e. The number of benzene rings is 1. The van der Waals surface area contributed by atoms with Crippen molar-refractivity contribution in [1.29, 1.82) is 5.53 Å². The van der Waals surface area contributed by atoms with Crippen LogP contribution in [0.1, 0.15) is 25.5 Å². The van der Waals surface area contributed by atoms with Crippen LogP contribution in [0.3, 0.4) is 0 Å². The average Bonchev–Trinajstić information content (AvgIpc) is 2.82. The highest BCUT2D eigenvalue weighted by molar-refractivity contribution is 8.01. The van der Waals surface area contributed by atoms with Crippen LogP contribution >= 0.6 is 11.8 Å². The first-order valence-electron chi connectivity index (χ1n) is 7.72. The zero-order valence-electron chi connectivity index (χ0n) is 13.7. The summed E-state index contributed by atoms with van der Waals surface area (Å²) < 4.78 is -0.649. The van der Waals surface area contributed by atoms with Crippen molar-refractivity contribution in [3.05, 3.63) is 35.9 Å². The zero-order valence-corrected chi connectivity index (χ0v) is 14.5. The molecule has 2 aliphatic heterocycles. The van der Waals surface area contributed by atoms with E-state index in [1.165, 1.54) is 16.7 Å². The fraction of sp³-hybridized carbons (Fsp3) is 0.438. The number of carbonyl (C=O) groups is 3. The topological polar surface area (TPSA) is 123 Å². The summed E-state index contributed by atoms with van der Waals surface area (Å²) in [5.41, 5.74) is 7.84. The summed E-state index contributed by atoms with van der Waals surface area (Å²) in [7, 11) is 0. The van der Waals surface area contributed by atoms with Gasteiger partial charge in [0.25, 0.3) is 5.91 Å². The van der Waals surface area contributed by atoms with Crippen molar-refractivity contribution in [2.24, 2.45) is 5.11 Å². The van der Waals surface area contributed by atoms with Gasteiger partial charge in [-0.15, -0.1) is 11.8 Å². The van der Waals surface area contributed by atoms with Crippen molar-refractivity contribution in [3.63, 3.8) is 0 Å². The van der Waals surface area contributed by atoms with E-state index < -0.39 is 46.0 Å². The van der Waals surface area contributed by atoms with Crippen LogP contribution in [0.5, 0.6) is 0 Å². The van der Waals surface area contributed by atoms with Crippen molar-refractivity contribution < 1.29 is 19.5 Å². The number of nitrogens with one attached hydrogen (secondary N) is 2. The molecule has 0 aliphatic carbocycles. The van der Waals surface area contributed by atoms with Crippen LogP contribution in [0.25, 0.3) is 0 Å². The monoisotopic (exact) mass is 362 g/mol. The van der Waals surface area contributed by atoms with E-state index in [4.69, 9.17) is 5.53 Å². The molecule has 25 heavy (non-hydrogen) atoms. The summed E-state index contributed by atoms with van der Waals surface area (Å²) in [6.07, 6.45) is 0. The number of carbonyl (C=O) groups excluding carboxylic acids is 2. The third kappa shape index (κ3) is 2.78. The number of carboxylic acids is 1. The third-order valence-corrected chi connectivity index (χ3v) is 6.04. The van der Waals surface area contributed by atoms with E-state index in [0.29, 0.717) is 5.56 Å². The van der Waals surface area contributed by atoms with Crippen LogP contribution < -0.4 is 5.32 Å². The lowest BCUT2D eigenvalue weighted by Crippen LogP contribution is -2.70. The highest BCUT2D eigenvalue weighted by Crippen LogP contribution is 2.50. The molecule has 4 atom stereocenters. The Labute approximate surface area is 148 Å². The zero-order chi connectivity index (χ0) is 18.4. The molecule has 0 spiro atoms. The molecule has 1 aromatic carbocycles. The molecule has 2 aliphatic rings. The van der Waals surface area contributed by atoms with Gasteiger partial charge in [-0.05, 0) is 19.4 Å². The number of hydrogen-bond donors (Lipinski definition) is 3. The van der Waals surface area contributed by atoms with Gasteiger partial charge in [0.15, 0.2) is 6.04 Å². The molecule has 0 saturated carbocycles. The van der Waals surface area contributed by atoms with Gasteiger partial charge in [-0.3, -0.25) is 9.59 Å². The fourth-order valence-electron chi connectivity index (χ4n) is 3.30. The number of rotatable bonds is 5. The largest absolute Gasteiger partial charge is 0.480 e. The third-order valence-electron chi connectivity index (χ3n) is 4.47. The number of aliphatic carboxylic acids is 1. The molecule has 2 fully saturated rings. The maximum Gasteiger partial charge on any atom is 0.327 e. The second kappa shape index (κ2) is 6.14. The molecule has 3 N–H and O–H groups in total. The summed E-state index contributed by atoms with van der Waals surface area (Å²) >= 11 is 1.36. The molecule has 132 valence electrons. The van der Waals surface area contributed by atoms with E-state index in [1.54, 1.807) is 44.2 Å². The molecular weight excluding hydrogens is 344 g/mol. The molecule has 0 aromatic heterocycles. The van der Waals surface area contributed by atoms with Crippen molar-refractivity contribution in [3.8, 4) is 0 Å². The normalized spacial score (nSPS) is 27.8. The molecular formula is C16H18N4O4S. The van der Waals surface area contributed by atoms with Gasteiger partial charge < -0.3 is 15.3 Å². The standard InChI is InChI=1S/C16H18N4O4S/c1-16(2)11(15(23)24)20-13(22)10(14(20)25-16)18-12(21)9(19-17)8-6-4-3-5-7-8/h3-7,9-11,14,17H,1-2H3,(H,18,21)(H,23,24)/t9?,10-,11+,14-/m1/s1. The molecule has 8 nitrogen and oxygen atoms in total. The van der Waals surface area contributed by atoms with Crippen LogP contribution in [0.4, 0.5) is 0 Å². The Bertz CT molecular complexity index is 739. The maximum absolute atomic E-state index is 12.5. The lowest BCUT2D eigenvalue weighted by atomic mass is 9.95. The predicted molar refractivity (Wildman–Crippen MR) is 90.0 cm³/mol. The van der Waals surface area contributed by atoms with Gasteiger partial charge in [-0.2, -0.15) is 5.11 Å². The first-order valence-corrected chi connectivity index (χ1v) is 8.60. The molecule has 9 heteroatoms. The van der Waals surface area contributed by atoms with Gasteiger partial charge in [0, 0.05) is 4.75 Å². The van der Waals surface area contributed by atoms with Gasteiger partial charge >= 0.3 is 5.97 Å². The predicted octanol–water partition coefficient (Wildman–Crippen LogP) is 1.39. The van der Waals surface area contributed by atoms with E-state index in [0.717, 1.165) is 0 Å². The Kier molecular flexibility index (Phi) is 4.28. The Morgan fingerprint density at radius 2 is 2.00 bits per heavy atom. The van der Waals surface area contributed by atoms with E-state index in [-0.39, 0.29) is 0 Å². The Morgan fingerprint density at radius 1 is 1.36 bits per heavy atom. The van der Waals surface area contributed by atoms with Crippen molar-refractivity contribution in [2.45, 2.75) is 42.1 Å². The first kappa shape index (κ1) is 17.4. The van der Waals surface area contributed by atoms with E-state index in [9.17, 15) is 19.5 Å². The molecule has 1 aromatic rings. The van der Waals surface area contributed by atoms with Crippen LogP contribution in [-0.4, -0.2) is 50.0 Å². The highest BCUT2D eigenvalue weighted by Gasteiger charge is 2.64. The quantitative estimate of drug-likeness (QED) is 0.539. The molecule has 2 heterocycles. The summed E-state index contributed by atoms with van der Waals surface area (Å²) in [6.45, 7) is 3.54. The summed E-state index contributed by atoms with van der Waals surface area (Å²) in [5.74, 6) is -2.02. The fourth-order valence-corrected chi connectivity index (χ4v) is 4.92. The second-order valence-electron chi connectivity index (χ2n) is 6.53. The number of thioether (sulfide) groups is 1. The summed E-state index contributed by atoms with van der Waals surface area (Å²) in [4.78, 5) is 37.7. The second-order valence-corrected chi connectivity index (χ2v) is 8.30. The molecule has 2 amide bonds. The lowest BCUT2D eigenvalue weighted by molar-refractivity contribution is -0.161. The van der Waals surface area contributed by atoms with Gasteiger partial charge in [-0.1, -0.05) is 30.3 Å². The summed E-state index contributed by atoms with van der Waals surface area (Å²) in [6, 6.07) is 5.89. The van der Waals surface area contributed by atoms with Gasteiger partial charge in [-0.25, -0.2) is 10.3 Å². The van der Waals surface area contributed by atoms with Gasteiger partial charge in [0.05, 0.1) is 0 Å². The van der Waals surface area contributed by atoms with Crippen molar-refractivity contribution in [2.75, 3.05) is 0 Å². The van der Waals surface area contributed by atoms with E-state index in [2.05, 4.69) is 10.4 Å². The van der Waals surface area contributed by atoms with Crippen molar-refractivity contribution >= 4 is 29.5 Å². The number of β-lactam (4-membered cyclic amide) rings is 1. The van der Waals surface area contributed by atoms with Gasteiger partial charge in [0.1, 0.15) is 17.5 Å². The van der Waals surface area contributed by atoms with Gasteiger partial charge in [0.2, 0.25) is 5.91 Å². The number of nitrogens with zero attached hydrogens (tertiary/aromatic N) is 2. The van der Waals surface area contributed by atoms with E-state index >= 15 is 0 Å². The number of hydrogen-bond acceptors (Lipinski definition) is 6. The van der Waals surface area contributed by atoms with Crippen LogP contribution in [0.2, 0.25) is 0 Å².